The molecule has 5 nitrogen and oxygen atoms in total. The summed E-state index contributed by atoms with van der Waals surface area (Å²) in [6.07, 6.45) is 8.15. The fraction of sp³-hybridized carbons (Fsp3) is 0.947. The first-order valence-corrected chi connectivity index (χ1v) is 10.2. The van der Waals surface area contributed by atoms with Crippen molar-refractivity contribution in [2.24, 2.45) is 16.8 Å². The van der Waals surface area contributed by atoms with Crippen LogP contribution in [0.25, 0.3) is 0 Å². The molecule has 2 heterocycles. The number of guanidine groups is 1. The van der Waals surface area contributed by atoms with Gasteiger partial charge in [0.2, 0.25) is 0 Å². The van der Waals surface area contributed by atoms with Crippen molar-refractivity contribution in [3.8, 4) is 0 Å². The van der Waals surface area contributed by atoms with Gasteiger partial charge in [-0.15, -0.1) is 24.0 Å². The molecule has 2 aliphatic heterocycles. The van der Waals surface area contributed by atoms with Crippen LogP contribution in [0.2, 0.25) is 0 Å². The summed E-state index contributed by atoms with van der Waals surface area (Å²) >= 11 is 0. The van der Waals surface area contributed by atoms with Crippen molar-refractivity contribution < 1.29 is 0 Å². The Bertz CT molecular complexity index is 405. The predicted octanol–water partition coefficient (Wildman–Crippen LogP) is 2.38. The second-order valence-electron chi connectivity index (χ2n) is 8.14. The van der Waals surface area contributed by atoms with Gasteiger partial charge in [-0.1, -0.05) is 6.92 Å². The molecule has 2 saturated heterocycles. The summed E-state index contributed by atoms with van der Waals surface area (Å²) in [5.41, 5.74) is 0. The number of nitrogens with one attached hydrogen (secondary N) is 2. The molecule has 0 aromatic heterocycles. The molecule has 0 aromatic rings. The highest BCUT2D eigenvalue weighted by Crippen LogP contribution is 2.31. The van der Waals surface area contributed by atoms with Gasteiger partial charge in [0.1, 0.15) is 0 Å². The highest BCUT2D eigenvalue weighted by Gasteiger charge is 2.34. The molecule has 2 N–H and O–H groups in total. The fourth-order valence-corrected chi connectivity index (χ4v) is 4.06. The highest BCUT2D eigenvalue weighted by atomic mass is 127. The normalized spacial score (nSPS) is 26.5. The summed E-state index contributed by atoms with van der Waals surface area (Å²) < 4.78 is 0. The van der Waals surface area contributed by atoms with Gasteiger partial charge >= 0.3 is 0 Å². The number of likely N-dealkylation sites (tertiary alicyclic amines) is 2. The zero-order chi connectivity index (χ0) is 16.8. The quantitative estimate of drug-likeness (QED) is 0.263. The largest absolute Gasteiger partial charge is 0.356 e. The van der Waals surface area contributed by atoms with Gasteiger partial charge in [-0.3, -0.25) is 4.99 Å². The van der Waals surface area contributed by atoms with Crippen molar-refractivity contribution in [1.82, 2.24) is 20.4 Å². The number of nitrogens with zero attached hydrogens (tertiary/aromatic N) is 3. The van der Waals surface area contributed by atoms with Gasteiger partial charge in [-0.05, 0) is 76.5 Å². The molecule has 3 fully saturated rings. The molecule has 3 rings (SSSR count). The molecule has 0 radical (unpaired) electrons. The second kappa shape index (κ2) is 10.9. The molecule has 25 heavy (non-hydrogen) atoms. The SMILES string of the molecule is CN=C(NCCCN1CCC(C)CC1)NCC1CCN(C2CC2)C1.I. The van der Waals surface area contributed by atoms with E-state index in [1.165, 1.54) is 71.2 Å². The van der Waals surface area contributed by atoms with E-state index in [0.717, 1.165) is 36.9 Å². The smallest absolute Gasteiger partial charge is 0.190 e. The number of halogens is 1. The third-order valence-corrected chi connectivity index (χ3v) is 5.98. The van der Waals surface area contributed by atoms with Crippen molar-refractivity contribution >= 4 is 29.9 Å². The molecule has 0 spiro atoms. The Hall–Kier alpha value is -0.0800. The Morgan fingerprint density at radius 2 is 1.80 bits per heavy atom. The molecule has 1 saturated carbocycles. The maximum Gasteiger partial charge on any atom is 0.190 e. The number of aliphatic imine (C=N–C) groups is 1. The van der Waals surface area contributed by atoms with E-state index in [0.29, 0.717) is 0 Å². The van der Waals surface area contributed by atoms with Gasteiger partial charge in [0, 0.05) is 32.7 Å². The average molecular weight is 463 g/mol. The zero-order valence-electron chi connectivity index (χ0n) is 16.2. The first-order valence-electron chi connectivity index (χ1n) is 10.2. The summed E-state index contributed by atoms with van der Waals surface area (Å²) in [6.45, 7) is 10.8. The Labute approximate surface area is 171 Å². The van der Waals surface area contributed by atoms with E-state index in [1.807, 2.05) is 7.05 Å². The summed E-state index contributed by atoms with van der Waals surface area (Å²) in [7, 11) is 1.88. The van der Waals surface area contributed by atoms with Crippen molar-refractivity contribution in [2.75, 3.05) is 52.9 Å². The van der Waals surface area contributed by atoms with Crippen LogP contribution < -0.4 is 10.6 Å². The first-order chi connectivity index (χ1) is 11.7. The van der Waals surface area contributed by atoms with Crippen LogP contribution in [-0.2, 0) is 0 Å². The third-order valence-electron chi connectivity index (χ3n) is 5.98. The number of piperidine rings is 1. The second-order valence-corrected chi connectivity index (χ2v) is 8.14. The number of hydrogen-bond donors (Lipinski definition) is 2. The topological polar surface area (TPSA) is 42.9 Å². The highest BCUT2D eigenvalue weighted by molar-refractivity contribution is 14.0. The van der Waals surface area contributed by atoms with Crippen molar-refractivity contribution in [3.05, 3.63) is 0 Å². The van der Waals surface area contributed by atoms with E-state index in [4.69, 9.17) is 0 Å². The van der Waals surface area contributed by atoms with E-state index in [2.05, 4.69) is 32.3 Å². The molecule has 1 unspecified atom stereocenters. The average Bonchev–Trinajstić information content (AvgIpc) is 3.34. The minimum absolute atomic E-state index is 0. The Morgan fingerprint density at radius 3 is 2.48 bits per heavy atom. The van der Waals surface area contributed by atoms with E-state index in [1.54, 1.807) is 0 Å². The molecular formula is C19H38IN5. The monoisotopic (exact) mass is 463 g/mol. The van der Waals surface area contributed by atoms with Gasteiger partial charge in [0.15, 0.2) is 5.96 Å². The summed E-state index contributed by atoms with van der Waals surface area (Å²) in [5.74, 6) is 2.69. The van der Waals surface area contributed by atoms with Gasteiger partial charge in [0.25, 0.3) is 0 Å². The van der Waals surface area contributed by atoms with E-state index in [9.17, 15) is 0 Å². The first kappa shape index (κ1) is 21.2. The minimum atomic E-state index is 0. The fourth-order valence-electron chi connectivity index (χ4n) is 4.06. The van der Waals surface area contributed by atoms with Gasteiger partial charge in [0.05, 0.1) is 0 Å². The van der Waals surface area contributed by atoms with Crippen LogP contribution in [0.4, 0.5) is 0 Å². The number of rotatable bonds is 7. The van der Waals surface area contributed by atoms with E-state index >= 15 is 0 Å². The van der Waals surface area contributed by atoms with Crippen LogP contribution >= 0.6 is 24.0 Å². The Balaban J connectivity index is 0.00000225. The van der Waals surface area contributed by atoms with Crippen molar-refractivity contribution in [1.29, 1.82) is 0 Å². The van der Waals surface area contributed by atoms with Crippen LogP contribution in [0.3, 0.4) is 0 Å². The van der Waals surface area contributed by atoms with Crippen LogP contribution in [-0.4, -0.2) is 74.7 Å². The lowest BCUT2D eigenvalue weighted by atomic mass is 9.99. The van der Waals surface area contributed by atoms with Crippen LogP contribution in [0.5, 0.6) is 0 Å². The zero-order valence-corrected chi connectivity index (χ0v) is 18.5. The summed E-state index contributed by atoms with van der Waals surface area (Å²) in [5, 5.41) is 7.02. The molecule has 1 atom stereocenters. The van der Waals surface area contributed by atoms with Crippen molar-refractivity contribution in [3.63, 3.8) is 0 Å². The molecule has 3 aliphatic rings. The molecule has 0 amide bonds. The lowest BCUT2D eigenvalue weighted by Crippen LogP contribution is -2.41. The molecule has 146 valence electrons. The Kier molecular flexibility index (Phi) is 9.27. The lowest BCUT2D eigenvalue weighted by Gasteiger charge is -2.30. The number of hydrogen-bond acceptors (Lipinski definition) is 3. The van der Waals surface area contributed by atoms with Crippen LogP contribution in [0, 0.1) is 11.8 Å². The summed E-state index contributed by atoms with van der Waals surface area (Å²) in [4.78, 5) is 9.67. The molecule has 1 aliphatic carbocycles. The van der Waals surface area contributed by atoms with Crippen molar-refractivity contribution in [2.45, 2.75) is 51.5 Å². The molecule has 0 aromatic carbocycles. The van der Waals surface area contributed by atoms with Crippen LogP contribution in [0.15, 0.2) is 4.99 Å². The minimum Gasteiger partial charge on any atom is -0.356 e. The maximum absolute atomic E-state index is 4.38. The maximum atomic E-state index is 4.38. The third kappa shape index (κ3) is 7.21. The predicted molar refractivity (Wildman–Crippen MR) is 117 cm³/mol. The van der Waals surface area contributed by atoms with Gasteiger partial charge in [-0.25, -0.2) is 0 Å². The molecular weight excluding hydrogens is 425 g/mol. The van der Waals surface area contributed by atoms with E-state index < -0.39 is 0 Å². The Morgan fingerprint density at radius 1 is 1.04 bits per heavy atom. The summed E-state index contributed by atoms with van der Waals surface area (Å²) in [6, 6.07) is 0.921. The van der Waals surface area contributed by atoms with Gasteiger partial charge in [-0.2, -0.15) is 0 Å². The molecule has 6 heteroatoms. The van der Waals surface area contributed by atoms with Gasteiger partial charge < -0.3 is 20.4 Å². The van der Waals surface area contributed by atoms with E-state index in [-0.39, 0.29) is 24.0 Å². The standard InChI is InChI=1S/C19H37N5.HI/c1-16-6-11-23(12-7-16)10-3-9-21-19(20-2)22-14-17-8-13-24(15-17)18-4-5-18;/h16-18H,3-15H2,1-2H3,(H2,20,21,22);1H. The molecule has 0 bridgehead atoms. The lowest BCUT2D eigenvalue weighted by molar-refractivity contribution is 0.191. The van der Waals surface area contributed by atoms with Crippen LogP contribution in [0.1, 0.15) is 45.4 Å².